The van der Waals surface area contributed by atoms with Crippen LogP contribution in [-0.4, -0.2) is 44.1 Å². The Bertz CT molecular complexity index is 997. The van der Waals surface area contributed by atoms with Crippen LogP contribution in [0.2, 0.25) is 0 Å². The van der Waals surface area contributed by atoms with E-state index >= 15 is 0 Å². The molecular weight excluding hydrogens is 401 g/mol. The van der Waals surface area contributed by atoms with E-state index in [4.69, 9.17) is 14.4 Å². The third-order valence-electron chi connectivity index (χ3n) is 4.65. The first-order chi connectivity index (χ1) is 14.2. The summed E-state index contributed by atoms with van der Waals surface area (Å²) in [5, 5.41) is 18.4. The number of carboxylic acid groups (broad SMARTS) is 1. The Morgan fingerprint density at radius 3 is 2.73 bits per heavy atom. The highest BCUT2D eigenvalue weighted by Gasteiger charge is 2.38. The van der Waals surface area contributed by atoms with Crippen molar-refractivity contribution >= 4 is 5.97 Å². The monoisotopic (exact) mass is 422 g/mol. The lowest BCUT2D eigenvalue weighted by atomic mass is 10.0. The lowest BCUT2D eigenvalue weighted by molar-refractivity contribution is -0.192. The second-order valence-electron chi connectivity index (χ2n) is 6.98. The molecule has 10 heteroatoms. The minimum atomic E-state index is -5.08. The molecule has 0 amide bonds. The number of aliphatic carboxylic acids is 1. The van der Waals surface area contributed by atoms with Crippen molar-refractivity contribution in [3.8, 4) is 11.3 Å². The molecular formula is C20H21F3N4O3. The van der Waals surface area contributed by atoms with Crippen molar-refractivity contribution in [1.82, 2.24) is 20.3 Å². The second-order valence-corrected chi connectivity index (χ2v) is 6.98. The number of carbonyl (C=O) groups is 1. The van der Waals surface area contributed by atoms with Crippen molar-refractivity contribution in [2.45, 2.75) is 39.0 Å². The molecule has 2 aromatic heterocycles. The van der Waals surface area contributed by atoms with Crippen LogP contribution in [0.4, 0.5) is 13.2 Å². The third-order valence-corrected chi connectivity index (χ3v) is 4.65. The number of nitrogens with zero attached hydrogens (tertiary/aromatic N) is 3. The van der Waals surface area contributed by atoms with Crippen LogP contribution < -0.4 is 0 Å². The summed E-state index contributed by atoms with van der Waals surface area (Å²) in [5.74, 6) is -1.91. The summed E-state index contributed by atoms with van der Waals surface area (Å²) in [6.45, 7) is 4.88. The predicted molar refractivity (Wildman–Crippen MR) is 101 cm³/mol. The SMILES string of the molecule is Cc1cc(-c2ccccc2CN2CCCc3[nH]ncc3C2)on1.O=C(O)C(F)(F)F. The molecule has 7 nitrogen and oxygen atoms in total. The van der Waals surface area contributed by atoms with Crippen molar-refractivity contribution in [1.29, 1.82) is 0 Å². The van der Waals surface area contributed by atoms with Gasteiger partial charge in [-0.1, -0.05) is 29.4 Å². The van der Waals surface area contributed by atoms with Crippen LogP contribution in [0.15, 0.2) is 41.1 Å². The van der Waals surface area contributed by atoms with Gasteiger partial charge in [-0.3, -0.25) is 10.00 Å². The summed E-state index contributed by atoms with van der Waals surface area (Å²) < 4.78 is 37.2. The third kappa shape index (κ3) is 5.47. The Morgan fingerprint density at radius 1 is 1.33 bits per heavy atom. The number of hydrogen-bond donors (Lipinski definition) is 2. The molecule has 3 heterocycles. The standard InChI is InChI=1S/C18H20N4O.C2HF3O2/c1-13-9-18(23-21-13)16-6-3-2-5-14(16)11-22-8-4-7-17-15(12-22)10-19-20-17;3-2(4,5)1(6)7/h2-3,5-6,9-10H,4,7-8,11-12H2,1H3,(H,19,20);(H,6,7). The molecule has 1 aliphatic heterocycles. The van der Waals surface area contributed by atoms with Crippen molar-refractivity contribution in [3.05, 3.63) is 59.0 Å². The Hall–Kier alpha value is -3.14. The van der Waals surface area contributed by atoms with Gasteiger partial charge in [-0.2, -0.15) is 18.3 Å². The highest BCUT2D eigenvalue weighted by molar-refractivity contribution is 5.73. The summed E-state index contributed by atoms with van der Waals surface area (Å²) in [7, 11) is 0. The number of halogens is 3. The van der Waals surface area contributed by atoms with Crippen LogP contribution in [0.25, 0.3) is 11.3 Å². The number of nitrogens with one attached hydrogen (secondary N) is 1. The summed E-state index contributed by atoms with van der Waals surface area (Å²) in [6, 6.07) is 10.4. The van der Waals surface area contributed by atoms with Crippen LogP contribution in [0, 0.1) is 6.92 Å². The molecule has 0 saturated carbocycles. The number of fused-ring (bicyclic) bond motifs is 1. The van der Waals surface area contributed by atoms with E-state index in [0.29, 0.717) is 0 Å². The Kier molecular flexibility index (Phi) is 6.56. The maximum absolute atomic E-state index is 10.6. The van der Waals surface area contributed by atoms with E-state index in [1.165, 1.54) is 16.8 Å². The number of H-pyrrole nitrogens is 1. The molecule has 0 radical (unpaired) electrons. The molecule has 4 rings (SSSR count). The Labute approximate surface area is 170 Å². The zero-order valence-corrected chi connectivity index (χ0v) is 16.2. The lowest BCUT2D eigenvalue weighted by Gasteiger charge is -2.21. The molecule has 0 bridgehead atoms. The first-order valence-electron chi connectivity index (χ1n) is 9.29. The van der Waals surface area contributed by atoms with Crippen molar-refractivity contribution in [3.63, 3.8) is 0 Å². The van der Waals surface area contributed by atoms with Crippen molar-refractivity contribution < 1.29 is 27.6 Å². The molecule has 1 aromatic carbocycles. The van der Waals surface area contributed by atoms with Gasteiger partial charge >= 0.3 is 12.1 Å². The fraction of sp³-hybridized carbons (Fsp3) is 0.350. The molecule has 160 valence electrons. The first-order valence-corrected chi connectivity index (χ1v) is 9.29. The molecule has 0 atom stereocenters. The number of aromatic amines is 1. The second kappa shape index (κ2) is 9.12. The van der Waals surface area contributed by atoms with Gasteiger partial charge < -0.3 is 9.63 Å². The quantitative estimate of drug-likeness (QED) is 0.664. The number of aromatic nitrogens is 3. The molecule has 0 unspecified atom stereocenters. The smallest absolute Gasteiger partial charge is 0.475 e. The van der Waals surface area contributed by atoms with Crippen LogP contribution >= 0.6 is 0 Å². The normalized spacial score (nSPS) is 14.4. The highest BCUT2D eigenvalue weighted by Crippen LogP contribution is 2.27. The molecule has 3 aromatic rings. The van der Waals surface area contributed by atoms with Gasteiger partial charge in [-0.25, -0.2) is 4.79 Å². The predicted octanol–water partition coefficient (Wildman–Crippen LogP) is 3.95. The fourth-order valence-electron chi connectivity index (χ4n) is 3.25. The lowest BCUT2D eigenvalue weighted by Crippen LogP contribution is -2.23. The highest BCUT2D eigenvalue weighted by atomic mass is 19.4. The van der Waals surface area contributed by atoms with Gasteiger partial charge in [0, 0.05) is 36.0 Å². The average molecular weight is 422 g/mol. The van der Waals surface area contributed by atoms with Gasteiger partial charge in [-0.15, -0.1) is 0 Å². The van der Waals surface area contributed by atoms with Gasteiger partial charge in [0.25, 0.3) is 0 Å². The van der Waals surface area contributed by atoms with E-state index in [2.05, 4.69) is 38.5 Å². The van der Waals surface area contributed by atoms with Crippen molar-refractivity contribution in [2.24, 2.45) is 0 Å². The van der Waals surface area contributed by atoms with E-state index in [1.54, 1.807) is 0 Å². The maximum atomic E-state index is 10.6. The van der Waals surface area contributed by atoms with Gasteiger partial charge in [0.2, 0.25) is 0 Å². The van der Waals surface area contributed by atoms with Crippen LogP contribution in [-0.2, 0) is 24.3 Å². The Balaban J connectivity index is 0.000000318. The van der Waals surface area contributed by atoms with Gasteiger partial charge in [0.1, 0.15) is 0 Å². The van der Waals surface area contributed by atoms with Gasteiger partial charge in [-0.05, 0) is 31.9 Å². The van der Waals surface area contributed by atoms with Gasteiger partial charge in [0.05, 0.1) is 11.9 Å². The number of aryl methyl sites for hydroxylation is 2. The minimum absolute atomic E-state index is 0.844. The Morgan fingerprint density at radius 2 is 2.07 bits per heavy atom. The number of alkyl halides is 3. The van der Waals surface area contributed by atoms with Crippen LogP contribution in [0.3, 0.4) is 0 Å². The zero-order chi connectivity index (χ0) is 21.7. The number of rotatable bonds is 3. The van der Waals surface area contributed by atoms with E-state index < -0.39 is 12.1 Å². The number of benzene rings is 1. The van der Waals surface area contributed by atoms with E-state index in [1.807, 2.05) is 25.3 Å². The molecule has 0 fully saturated rings. The fourth-order valence-corrected chi connectivity index (χ4v) is 3.25. The topological polar surface area (TPSA) is 95.3 Å². The molecule has 30 heavy (non-hydrogen) atoms. The maximum Gasteiger partial charge on any atom is 0.490 e. The van der Waals surface area contributed by atoms with E-state index in [-0.39, 0.29) is 0 Å². The zero-order valence-electron chi connectivity index (χ0n) is 16.2. The van der Waals surface area contributed by atoms with Gasteiger partial charge in [0.15, 0.2) is 5.76 Å². The molecule has 1 aliphatic rings. The summed E-state index contributed by atoms with van der Waals surface area (Å²) in [6.07, 6.45) is -0.896. The van der Waals surface area contributed by atoms with Crippen molar-refractivity contribution in [2.75, 3.05) is 6.54 Å². The summed E-state index contributed by atoms with van der Waals surface area (Å²) in [4.78, 5) is 11.4. The molecule has 2 N–H and O–H groups in total. The molecule has 0 spiro atoms. The number of hydrogen-bond acceptors (Lipinski definition) is 5. The largest absolute Gasteiger partial charge is 0.490 e. The first kappa shape index (κ1) is 21.6. The summed E-state index contributed by atoms with van der Waals surface area (Å²) >= 11 is 0. The van der Waals surface area contributed by atoms with E-state index in [0.717, 1.165) is 49.5 Å². The van der Waals surface area contributed by atoms with E-state index in [9.17, 15) is 13.2 Å². The van der Waals surface area contributed by atoms with Crippen LogP contribution in [0.1, 0.15) is 28.9 Å². The average Bonchev–Trinajstić information content (AvgIpc) is 3.26. The molecule has 0 aliphatic carbocycles. The molecule has 0 saturated heterocycles. The summed E-state index contributed by atoms with van der Waals surface area (Å²) in [5.41, 5.74) is 5.91. The minimum Gasteiger partial charge on any atom is -0.475 e. The van der Waals surface area contributed by atoms with Crippen LogP contribution in [0.5, 0.6) is 0 Å². The number of carboxylic acids is 1.